The Morgan fingerprint density at radius 1 is 1.33 bits per heavy atom. The molecule has 0 saturated carbocycles. The molecule has 24 heavy (non-hydrogen) atoms. The van der Waals surface area contributed by atoms with Gasteiger partial charge < -0.3 is 14.1 Å². The second-order valence-corrected chi connectivity index (χ2v) is 7.58. The van der Waals surface area contributed by atoms with Gasteiger partial charge in [-0.25, -0.2) is 0 Å². The van der Waals surface area contributed by atoms with Gasteiger partial charge in [0.2, 0.25) is 0 Å². The number of furan rings is 1. The summed E-state index contributed by atoms with van der Waals surface area (Å²) in [5, 5.41) is 0. The average Bonchev–Trinajstić information content (AvgIpc) is 3.16. The number of thioether (sulfide) groups is 1. The van der Waals surface area contributed by atoms with Crippen LogP contribution in [-0.4, -0.2) is 48.5 Å². The second-order valence-electron chi connectivity index (χ2n) is 5.90. The van der Waals surface area contributed by atoms with Crippen LogP contribution in [0.1, 0.15) is 31.4 Å². The third-order valence-electron chi connectivity index (χ3n) is 4.16. The van der Waals surface area contributed by atoms with Crippen LogP contribution in [0.5, 0.6) is 0 Å². The molecule has 2 aliphatic rings. The Kier molecular flexibility index (Phi) is 5.97. The molecule has 0 radical (unpaired) electrons. The van der Waals surface area contributed by atoms with Crippen molar-refractivity contribution in [1.29, 1.82) is 0 Å². The average molecular weight is 367 g/mol. The van der Waals surface area contributed by atoms with Crippen molar-refractivity contribution >= 4 is 46.2 Å². The zero-order chi connectivity index (χ0) is 16.9. The van der Waals surface area contributed by atoms with Gasteiger partial charge in [0.1, 0.15) is 10.1 Å². The first kappa shape index (κ1) is 17.5. The molecule has 0 spiro atoms. The predicted octanol–water partition coefficient (Wildman–Crippen LogP) is 3.51. The molecular weight excluding hydrogens is 344 g/mol. The fourth-order valence-corrected chi connectivity index (χ4v) is 4.18. The first-order valence-corrected chi connectivity index (χ1v) is 9.50. The van der Waals surface area contributed by atoms with E-state index in [0.29, 0.717) is 28.1 Å². The lowest BCUT2D eigenvalue weighted by Crippen LogP contribution is -2.29. The van der Waals surface area contributed by atoms with Gasteiger partial charge in [0.05, 0.1) is 4.91 Å². The molecule has 1 aromatic heterocycles. The molecule has 0 bridgehead atoms. The van der Waals surface area contributed by atoms with Gasteiger partial charge in [0.15, 0.2) is 5.88 Å². The number of carbonyl (C=O) groups excluding carboxylic acids is 1. The minimum absolute atomic E-state index is 0.0444. The van der Waals surface area contributed by atoms with Crippen LogP contribution in [0.2, 0.25) is 0 Å². The molecule has 3 rings (SSSR count). The highest BCUT2D eigenvalue weighted by molar-refractivity contribution is 8.26. The Morgan fingerprint density at radius 2 is 2.12 bits per heavy atom. The standard InChI is InChI=1S/C17H22N2O3S2/c1-21-11-5-10-19-16(20)14(24-17(19)23)12-13-6-7-15(22-13)18-8-3-2-4-9-18/h6-7,12H,2-5,8-11H2,1H3/b14-12-. The number of hydrogen-bond acceptors (Lipinski definition) is 6. The van der Waals surface area contributed by atoms with E-state index in [1.165, 1.54) is 31.0 Å². The summed E-state index contributed by atoms with van der Waals surface area (Å²) in [6.45, 7) is 3.28. The largest absolute Gasteiger partial charge is 0.441 e. The van der Waals surface area contributed by atoms with Crippen molar-refractivity contribution in [2.24, 2.45) is 0 Å². The highest BCUT2D eigenvalue weighted by Gasteiger charge is 2.31. The number of methoxy groups -OCH3 is 1. The first-order valence-electron chi connectivity index (χ1n) is 8.28. The SMILES string of the molecule is COCCCN1C(=O)/C(=C/c2ccc(N3CCCCC3)o2)SC1=S. The maximum atomic E-state index is 12.5. The molecule has 0 aromatic carbocycles. The van der Waals surface area contributed by atoms with E-state index in [4.69, 9.17) is 21.4 Å². The number of piperidine rings is 1. The summed E-state index contributed by atoms with van der Waals surface area (Å²) >= 11 is 6.65. The molecule has 2 fully saturated rings. The Hall–Kier alpha value is -1.31. The maximum Gasteiger partial charge on any atom is 0.266 e. The zero-order valence-corrected chi connectivity index (χ0v) is 15.5. The molecule has 5 nitrogen and oxygen atoms in total. The summed E-state index contributed by atoms with van der Waals surface area (Å²) in [5.74, 6) is 1.54. The molecule has 130 valence electrons. The van der Waals surface area contributed by atoms with Gasteiger partial charge in [-0.05, 0) is 31.7 Å². The van der Waals surface area contributed by atoms with Gasteiger partial charge >= 0.3 is 0 Å². The number of carbonyl (C=O) groups is 1. The van der Waals surface area contributed by atoms with Gasteiger partial charge in [0.25, 0.3) is 5.91 Å². The molecule has 0 aliphatic carbocycles. The predicted molar refractivity (Wildman–Crippen MR) is 101 cm³/mol. The maximum absolute atomic E-state index is 12.5. The lowest BCUT2D eigenvalue weighted by atomic mass is 10.1. The third kappa shape index (κ3) is 4.02. The molecule has 1 aromatic rings. The van der Waals surface area contributed by atoms with Crippen molar-refractivity contribution in [3.05, 3.63) is 22.8 Å². The summed E-state index contributed by atoms with van der Waals surface area (Å²) in [5.41, 5.74) is 0. The Labute approximate surface area is 152 Å². The third-order valence-corrected chi connectivity index (χ3v) is 5.54. The topological polar surface area (TPSA) is 45.9 Å². The van der Waals surface area contributed by atoms with E-state index >= 15 is 0 Å². The molecule has 0 atom stereocenters. The summed E-state index contributed by atoms with van der Waals surface area (Å²) in [6, 6.07) is 3.90. The van der Waals surface area contributed by atoms with Crippen molar-refractivity contribution in [3.63, 3.8) is 0 Å². The van der Waals surface area contributed by atoms with Crippen molar-refractivity contribution in [1.82, 2.24) is 4.90 Å². The summed E-state index contributed by atoms with van der Waals surface area (Å²) in [4.78, 5) is 17.0. The molecule has 1 amide bonds. The van der Waals surface area contributed by atoms with Crippen LogP contribution in [0.3, 0.4) is 0 Å². The normalized spacial score (nSPS) is 20.5. The first-order chi connectivity index (χ1) is 11.7. The van der Waals surface area contributed by atoms with Crippen LogP contribution in [-0.2, 0) is 9.53 Å². The van der Waals surface area contributed by atoms with E-state index in [1.54, 1.807) is 18.1 Å². The van der Waals surface area contributed by atoms with Crippen molar-refractivity contribution in [3.8, 4) is 0 Å². The van der Waals surface area contributed by atoms with E-state index in [2.05, 4.69) is 4.90 Å². The second kappa shape index (κ2) is 8.18. The number of hydrogen-bond donors (Lipinski definition) is 0. The molecule has 0 N–H and O–H groups in total. The van der Waals surface area contributed by atoms with Crippen molar-refractivity contribution in [2.45, 2.75) is 25.7 Å². The number of anilines is 1. The van der Waals surface area contributed by atoms with Crippen LogP contribution in [0.25, 0.3) is 6.08 Å². The van der Waals surface area contributed by atoms with E-state index in [0.717, 1.165) is 25.4 Å². The smallest absolute Gasteiger partial charge is 0.266 e. The Balaban J connectivity index is 1.66. The highest BCUT2D eigenvalue weighted by atomic mass is 32.2. The number of amides is 1. The number of rotatable bonds is 6. The van der Waals surface area contributed by atoms with Gasteiger partial charge in [0, 0.05) is 45.5 Å². The van der Waals surface area contributed by atoms with Crippen LogP contribution in [0, 0.1) is 0 Å². The van der Waals surface area contributed by atoms with Gasteiger partial charge in [-0.1, -0.05) is 24.0 Å². The van der Waals surface area contributed by atoms with E-state index in [-0.39, 0.29) is 5.91 Å². The lowest BCUT2D eigenvalue weighted by molar-refractivity contribution is -0.122. The number of ether oxygens (including phenoxy) is 1. The molecule has 3 heterocycles. The van der Waals surface area contributed by atoms with Gasteiger partial charge in [-0.15, -0.1) is 0 Å². The van der Waals surface area contributed by atoms with Gasteiger partial charge in [-0.3, -0.25) is 9.69 Å². The molecule has 2 saturated heterocycles. The summed E-state index contributed by atoms with van der Waals surface area (Å²) < 4.78 is 11.5. The monoisotopic (exact) mass is 366 g/mol. The van der Waals surface area contributed by atoms with Crippen molar-refractivity contribution < 1.29 is 13.9 Å². The van der Waals surface area contributed by atoms with Crippen LogP contribution < -0.4 is 4.90 Å². The number of thiocarbonyl (C=S) groups is 1. The highest BCUT2D eigenvalue weighted by Crippen LogP contribution is 2.33. The number of nitrogens with zero attached hydrogens (tertiary/aromatic N) is 2. The molecular formula is C17H22N2O3S2. The van der Waals surface area contributed by atoms with Crippen LogP contribution in [0.4, 0.5) is 5.88 Å². The fourth-order valence-electron chi connectivity index (χ4n) is 2.89. The van der Waals surface area contributed by atoms with E-state index in [9.17, 15) is 4.79 Å². The van der Waals surface area contributed by atoms with E-state index < -0.39 is 0 Å². The van der Waals surface area contributed by atoms with Crippen molar-refractivity contribution in [2.75, 3.05) is 38.3 Å². The molecule has 7 heteroatoms. The molecule has 2 aliphatic heterocycles. The van der Waals surface area contributed by atoms with Gasteiger partial charge in [-0.2, -0.15) is 0 Å². The Morgan fingerprint density at radius 3 is 2.88 bits per heavy atom. The fraction of sp³-hybridized carbons (Fsp3) is 0.529. The van der Waals surface area contributed by atoms with Crippen LogP contribution >= 0.6 is 24.0 Å². The molecule has 0 unspecified atom stereocenters. The van der Waals surface area contributed by atoms with Crippen LogP contribution in [0.15, 0.2) is 21.5 Å². The minimum Gasteiger partial charge on any atom is -0.441 e. The lowest BCUT2D eigenvalue weighted by Gasteiger charge is -2.25. The Bertz CT molecular complexity index is 636. The summed E-state index contributed by atoms with van der Waals surface area (Å²) in [7, 11) is 1.65. The minimum atomic E-state index is -0.0444. The summed E-state index contributed by atoms with van der Waals surface area (Å²) in [6.07, 6.45) is 6.26. The quantitative estimate of drug-likeness (QED) is 0.436. The zero-order valence-electron chi connectivity index (χ0n) is 13.8. The van der Waals surface area contributed by atoms with E-state index in [1.807, 2.05) is 12.1 Å².